The highest BCUT2D eigenvalue weighted by molar-refractivity contribution is 6.12. The summed E-state index contributed by atoms with van der Waals surface area (Å²) in [6.07, 6.45) is 15.8. The minimum atomic E-state index is -0.418. The molecule has 0 fully saturated rings. The molecule has 2 nitrogen and oxygen atoms in total. The molecule has 1 heterocycles. The van der Waals surface area contributed by atoms with Crippen molar-refractivity contribution < 1.29 is 0 Å². The van der Waals surface area contributed by atoms with Crippen LogP contribution in [0.4, 0.5) is 17.1 Å². The van der Waals surface area contributed by atoms with E-state index >= 15 is 0 Å². The molecule has 1 aromatic heterocycles. The van der Waals surface area contributed by atoms with Crippen LogP contribution in [-0.2, 0) is 5.41 Å². The van der Waals surface area contributed by atoms with Crippen molar-refractivity contribution in [3.8, 4) is 22.3 Å². The van der Waals surface area contributed by atoms with Crippen LogP contribution < -0.4 is 4.90 Å². The van der Waals surface area contributed by atoms with Gasteiger partial charge < -0.3 is 9.47 Å². The van der Waals surface area contributed by atoms with Crippen molar-refractivity contribution in [1.29, 1.82) is 0 Å². The zero-order valence-electron chi connectivity index (χ0n) is 35.0. The van der Waals surface area contributed by atoms with Crippen LogP contribution in [0.5, 0.6) is 0 Å². The Labute approximate surface area is 368 Å². The molecule has 63 heavy (non-hydrogen) atoms. The summed E-state index contributed by atoms with van der Waals surface area (Å²) in [6.45, 7) is 0. The first-order chi connectivity index (χ1) is 31.3. The molecule has 1 spiro atoms. The molecule has 8 aromatic carbocycles. The zero-order valence-corrected chi connectivity index (χ0v) is 35.0. The van der Waals surface area contributed by atoms with Crippen LogP contribution in [0.1, 0.15) is 59.1 Å². The number of anilines is 3. The van der Waals surface area contributed by atoms with Gasteiger partial charge in [-0.3, -0.25) is 0 Å². The van der Waals surface area contributed by atoms with E-state index in [1.54, 1.807) is 0 Å². The topological polar surface area (TPSA) is 8.17 Å². The maximum absolute atomic E-state index is 2.50. The predicted octanol–water partition coefficient (Wildman–Crippen LogP) is 16.1. The maximum atomic E-state index is 2.50. The van der Waals surface area contributed by atoms with Gasteiger partial charge >= 0.3 is 0 Å². The van der Waals surface area contributed by atoms with Gasteiger partial charge in [0.1, 0.15) is 0 Å². The molecule has 0 amide bonds. The summed E-state index contributed by atoms with van der Waals surface area (Å²) in [5, 5.41) is 2.57. The number of nitrogens with zero attached hydrogens (tertiary/aromatic N) is 2. The number of allylic oxidation sites excluding steroid dienone is 8. The number of para-hydroxylation sites is 2. The second kappa shape index (κ2) is 14.2. The number of fused-ring (bicyclic) bond motifs is 13. The molecule has 0 N–H and O–H groups in total. The Morgan fingerprint density at radius 2 is 0.968 bits per heavy atom. The molecular weight excluding hydrogens is 761 g/mol. The Bertz CT molecular complexity index is 3340. The van der Waals surface area contributed by atoms with Crippen LogP contribution in [-0.4, -0.2) is 4.57 Å². The third-order valence-electron chi connectivity index (χ3n) is 14.1. The fourth-order valence-electron chi connectivity index (χ4n) is 11.5. The highest BCUT2D eigenvalue weighted by Crippen LogP contribution is 2.64. The van der Waals surface area contributed by atoms with E-state index in [0.29, 0.717) is 0 Å². The quantitative estimate of drug-likeness (QED) is 0.163. The summed E-state index contributed by atoms with van der Waals surface area (Å²) in [4.78, 5) is 2.50. The lowest BCUT2D eigenvalue weighted by molar-refractivity contribution is 0.794. The summed E-state index contributed by atoms with van der Waals surface area (Å²) in [6, 6.07) is 70.6. The first kappa shape index (κ1) is 36.0. The fourth-order valence-corrected chi connectivity index (χ4v) is 11.5. The van der Waals surface area contributed by atoms with E-state index in [2.05, 4.69) is 228 Å². The summed E-state index contributed by atoms with van der Waals surface area (Å²) in [7, 11) is 0. The second-order valence-electron chi connectivity index (χ2n) is 17.3. The highest BCUT2D eigenvalue weighted by Gasteiger charge is 2.52. The summed E-state index contributed by atoms with van der Waals surface area (Å²) < 4.78 is 2.48. The van der Waals surface area contributed by atoms with Crippen molar-refractivity contribution in [1.82, 2.24) is 4.57 Å². The zero-order chi connectivity index (χ0) is 41.5. The van der Waals surface area contributed by atoms with Crippen molar-refractivity contribution in [2.45, 2.75) is 31.1 Å². The third-order valence-corrected chi connectivity index (χ3v) is 14.1. The molecule has 298 valence electrons. The molecule has 0 radical (unpaired) electrons. The fraction of sp³-hybridized carbons (Fsp3) is 0.0820. The number of aromatic nitrogens is 1. The molecular formula is C61H44N2. The number of benzene rings is 8. The van der Waals surface area contributed by atoms with E-state index < -0.39 is 5.41 Å². The van der Waals surface area contributed by atoms with E-state index in [1.165, 1.54) is 100.0 Å². The lowest BCUT2D eigenvalue weighted by atomic mass is 9.70. The summed E-state index contributed by atoms with van der Waals surface area (Å²) in [5.41, 5.74) is 22.6. The van der Waals surface area contributed by atoms with E-state index in [-0.39, 0.29) is 0 Å². The van der Waals surface area contributed by atoms with Crippen molar-refractivity contribution in [3.05, 3.63) is 252 Å². The first-order valence-electron chi connectivity index (χ1n) is 22.5. The smallest absolute Gasteiger partial charge is 0.0726 e. The molecule has 0 aliphatic heterocycles. The van der Waals surface area contributed by atoms with Crippen molar-refractivity contribution in [2.75, 3.05) is 4.90 Å². The van der Waals surface area contributed by atoms with Gasteiger partial charge in [0, 0.05) is 33.4 Å². The standard InChI is InChI=1S/C61H44N2/c1-2-17-41(18-3-1)42-33-37-44(38-34-42)62(45-39-35-43(36-40-45)46-19-7-13-29-56(46)63-57-30-14-8-22-49(57)50-23-9-15-31-58(50)63)59-32-16-28-55-60(59)51-24-6-12-27-54(51)61(55)52-25-10-4-20-47(52)48-21-5-11-26-53(48)61/h2,4-6,8-18,20-40H,1,3,7,19H2. The highest BCUT2D eigenvalue weighted by atomic mass is 15.1. The monoisotopic (exact) mass is 804 g/mol. The first-order valence-corrected chi connectivity index (χ1v) is 22.5. The SMILES string of the molecule is C1=CC(c2ccc(N(c3ccc(C4=C(n5c6ccccc6c6ccccc65)C=CCC4)cc3)c3cccc4c3-c3ccccc3C43c4ccccc4-c4ccccc43)cc2)=CCC1. The van der Waals surface area contributed by atoms with E-state index in [1.807, 2.05) is 0 Å². The summed E-state index contributed by atoms with van der Waals surface area (Å²) >= 11 is 0. The molecule has 0 unspecified atom stereocenters. The average Bonchev–Trinajstić information content (AvgIpc) is 3.97. The number of hydrogen-bond donors (Lipinski definition) is 0. The minimum Gasteiger partial charge on any atom is -0.310 e. The van der Waals surface area contributed by atoms with Gasteiger partial charge in [0.2, 0.25) is 0 Å². The van der Waals surface area contributed by atoms with E-state index in [4.69, 9.17) is 0 Å². The van der Waals surface area contributed by atoms with Gasteiger partial charge in [0.15, 0.2) is 0 Å². The molecule has 4 aliphatic rings. The van der Waals surface area contributed by atoms with Crippen LogP contribution in [0.2, 0.25) is 0 Å². The van der Waals surface area contributed by atoms with Gasteiger partial charge in [-0.1, -0.05) is 170 Å². The molecule has 9 aromatic rings. The van der Waals surface area contributed by atoms with Gasteiger partial charge in [-0.25, -0.2) is 0 Å². The largest absolute Gasteiger partial charge is 0.310 e. The molecule has 0 atom stereocenters. The van der Waals surface area contributed by atoms with E-state index in [0.717, 1.165) is 37.1 Å². The normalized spacial score (nSPS) is 15.4. The maximum Gasteiger partial charge on any atom is 0.0726 e. The Balaban J connectivity index is 1.01. The molecule has 0 bridgehead atoms. The van der Waals surface area contributed by atoms with E-state index in [9.17, 15) is 0 Å². The van der Waals surface area contributed by atoms with Gasteiger partial charge in [-0.05, 0) is 135 Å². The van der Waals surface area contributed by atoms with Gasteiger partial charge in [-0.15, -0.1) is 0 Å². The molecule has 0 saturated heterocycles. The molecule has 13 rings (SSSR count). The Morgan fingerprint density at radius 3 is 1.60 bits per heavy atom. The predicted molar refractivity (Wildman–Crippen MR) is 265 cm³/mol. The summed E-state index contributed by atoms with van der Waals surface area (Å²) in [5.74, 6) is 0. The van der Waals surface area contributed by atoms with Crippen LogP contribution >= 0.6 is 0 Å². The van der Waals surface area contributed by atoms with Gasteiger partial charge in [0.25, 0.3) is 0 Å². The van der Waals surface area contributed by atoms with Gasteiger partial charge in [0.05, 0.1) is 22.1 Å². The van der Waals surface area contributed by atoms with Crippen molar-refractivity contribution >= 4 is 55.7 Å². The second-order valence-corrected chi connectivity index (χ2v) is 17.3. The van der Waals surface area contributed by atoms with Gasteiger partial charge in [-0.2, -0.15) is 0 Å². The number of hydrogen-bond acceptors (Lipinski definition) is 1. The third kappa shape index (κ3) is 5.25. The van der Waals surface area contributed by atoms with Crippen molar-refractivity contribution in [2.24, 2.45) is 0 Å². The molecule has 4 aliphatic carbocycles. The Morgan fingerprint density at radius 1 is 0.429 bits per heavy atom. The Kier molecular flexibility index (Phi) is 8.11. The van der Waals surface area contributed by atoms with Crippen LogP contribution in [0.15, 0.2) is 218 Å². The van der Waals surface area contributed by atoms with Crippen molar-refractivity contribution in [3.63, 3.8) is 0 Å². The van der Waals surface area contributed by atoms with Crippen LogP contribution in [0.25, 0.3) is 60.9 Å². The average molecular weight is 805 g/mol. The lowest BCUT2D eigenvalue weighted by Crippen LogP contribution is -2.26. The van der Waals surface area contributed by atoms with Crippen LogP contribution in [0.3, 0.4) is 0 Å². The number of rotatable bonds is 6. The molecule has 2 heteroatoms. The Hall–Kier alpha value is -7.68. The van der Waals surface area contributed by atoms with Crippen LogP contribution in [0, 0.1) is 0 Å². The molecule has 0 saturated carbocycles. The lowest BCUT2D eigenvalue weighted by Gasteiger charge is -2.32. The minimum absolute atomic E-state index is 0.418.